The molecule has 1 unspecified atom stereocenters. The number of rotatable bonds is 4. The molecular formula is C17H15F3N4O2. The number of benzene rings is 1. The molecule has 1 atom stereocenters. The highest BCUT2D eigenvalue weighted by atomic mass is 19.4. The number of hydrogen-bond acceptors (Lipinski definition) is 4. The van der Waals surface area contributed by atoms with Gasteiger partial charge in [-0.2, -0.15) is 5.10 Å². The second-order valence-corrected chi connectivity index (χ2v) is 5.67. The summed E-state index contributed by atoms with van der Waals surface area (Å²) in [4.78, 5) is 18.6. The fourth-order valence-electron chi connectivity index (χ4n) is 2.63. The van der Waals surface area contributed by atoms with Crippen molar-refractivity contribution in [2.24, 2.45) is 0 Å². The van der Waals surface area contributed by atoms with Gasteiger partial charge in [0.05, 0.1) is 17.4 Å². The lowest BCUT2D eigenvalue weighted by Gasteiger charge is -2.17. The van der Waals surface area contributed by atoms with Crippen LogP contribution < -0.4 is 10.3 Å². The number of halogens is 3. The van der Waals surface area contributed by atoms with Crippen molar-refractivity contribution in [1.82, 2.24) is 19.7 Å². The molecule has 3 aromatic rings. The Bertz CT molecular complexity index is 961. The van der Waals surface area contributed by atoms with Crippen LogP contribution in [-0.2, 0) is 0 Å². The topological polar surface area (TPSA) is 72.8 Å². The zero-order valence-corrected chi connectivity index (χ0v) is 13.9. The Hall–Kier alpha value is -3.10. The first-order valence-corrected chi connectivity index (χ1v) is 7.70. The van der Waals surface area contributed by atoms with Crippen LogP contribution in [0, 0.1) is 6.92 Å². The molecular weight excluding hydrogens is 349 g/mol. The van der Waals surface area contributed by atoms with E-state index in [0.29, 0.717) is 17.2 Å². The summed E-state index contributed by atoms with van der Waals surface area (Å²) in [7, 11) is 0. The Labute approximate surface area is 146 Å². The molecule has 0 aliphatic heterocycles. The molecule has 9 heteroatoms. The zero-order valence-electron chi connectivity index (χ0n) is 13.9. The van der Waals surface area contributed by atoms with E-state index in [9.17, 15) is 18.0 Å². The molecule has 0 saturated heterocycles. The summed E-state index contributed by atoms with van der Waals surface area (Å²) >= 11 is 0. The summed E-state index contributed by atoms with van der Waals surface area (Å²) in [5.41, 5.74) is 1.54. The van der Waals surface area contributed by atoms with Gasteiger partial charge in [-0.1, -0.05) is 12.1 Å². The number of aryl methyl sites for hydroxylation is 1. The number of aromatic amines is 1. The Balaban J connectivity index is 1.91. The largest absolute Gasteiger partial charge is 0.573 e. The molecule has 0 spiro atoms. The van der Waals surface area contributed by atoms with Crippen molar-refractivity contribution in [1.29, 1.82) is 0 Å². The average Bonchev–Trinajstić information content (AvgIpc) is 3.02. The van der Waals surface area contributed by atoms with Crippen LogP contribution in [-0.4, -0.2) is 26.1 Å². The molecule has 26 heavy (non-hydrogen) atoms. The molecule has 0 amide bonds. The van der Waals surface area contributed by atoms with Crippen molar-refractivity contribution >= 4 is 0 Å². The summed E-state index contributed by atoms with van der Waals surface area (Å²) in [5.74, 6) is 0.183. The summed E-state index contributed by atoms with van der Waals surface area (Å²) in [6.07, 6.45) is -3.16. The third-order valence-corrected chi connectivity index (χ3v) is 3.76. The monoisotopic (exact) mass is 364 g/mol. The Kier molecular flexibility index (Phi) is 4.54. The van der Waals surface area contributed by atoms with Crippen molar-refractivity contribution in [2.75, 3.05) is 0 Å². The van der Waals surface area contributed by atoms with Crippen molar-refractivity contribution in [2.45, 2.75) is 26.3 Å². The lowest BCUT2D eigenvalue weighted by molar-refractivity contribution is -0.274. The minimum absolute atomic E-state index is 0.276. The molecule has 2 heterocycles. The molecule has 0 aliphatic rings. The maximum atomic E-state index is 12.3. The Morgan fingerprint density at radius 3 is 2.50 bits per heavy atom. The molecule has 0 radical (unpaired) electrons. The first kappa shape index (κ1) is 17.7. The molecule has 136 valence electrons. The predicted octanol–water partition coefficient (Wildman–Crippen LogP) is 3.45. The van der Waals surface area contributed by atoms with Crippen LogP contribution >= 0.6 is 0 Å². The molecule has 0 fully saturated rings. The van der Waals surface area contributed by atoms with E-state index in [2.05, 4.69) is 19.8 Å². The van der Waals surface area contributed by atoms with E-state index in [1.165, 1.54) is 30.3 Å². The minimum atomic E-state index is -4.73. The smallest absolute Gasteiger partial charge is 0.406 e. The van der Waals surface area contributed by atoms with Crippen molar-refractivity contribution in [3.8, 4) is 17.1 Å². The second kappa shape index (κ2) is 6.66. The highest BCUT2D eigenvalue weighted by molar-refractivity contribution is 5.54. The molecule has 0 bridgehead atoms. The van der Waals surface area contributed by atoms with Gasteiger partial charge in [-0.3, -0.25) is 9.48 Å². The van der Waals surface area contributed by atoms with Crippen LogP contribution in [0.2, 0.25) is 0 Å². The van der Waals surface area contributed by atoms with Gasteiger partial charge < -0.3 is 9.72 Å². The lowest BCUT2D eigenvalue weighted by Crippen LogP contribution is -2.17. The number of nitrogens with zero attached hydrogens (tertiary/aromatic N) is 3. The number of ether oxygens (including phenoxy) is 1. The molecule has 0 saturated carbocycles. The van der Waals surface area contributed by atoms with Gasteiger partial charge >= 0.3 is 6.36 Å². The number of aromatic nitrogens is 4. The van der Waals surface area contributed by atoms with Crippen LogP contribution in [0.4, 0.5) is 13.2 Å². The standard InChI is InChI=1S/C17H15F3N4O2/c1-10(12-3-5-13(6-4-12)26-17(18,19)20)24-15(7-8-21-24)14-9-16(25)23-11(2)22-14/h3-10H,1-2H3,(H,22,23,25). The van der Waals surface area contributed by atoms with Crippen LogP contribution in [0.3, 0.4) is 0 Å². The summed E-state index contributed by atoms with van der Waals surface area (Å²) < 4.78 is 42.3. The molecule has 1 aromatic carbocycles. The van der Waals surface area contributed by atoms with Gasteiger partial charge in [0.2, 0.25) is 0 Å². The van der Waals surface area contributed by atoms with Gasteiger partial charge in [0.25, 0.3) is 5.56 Å². The minimum Gasteiger partial charge on any atom is -0.406 e. The molecule has 6 nitrogen and oxygen atoms in total. The maximum Gasteiger partial charge on any atom is 0.573 e. The Morgan fingerprint density at radius 2 is 1.88 bits per heavy atom. The van der Waals surface area contributed by atoms with Gasteiger partial charge in [0.1, 0.15) is 11.6 Å². The molecule has 0 aliphatic carbocycles. The zero-order chi connectivity index (χ0) is 18.9. The molecule has 2 aromatic heterocycles. The number of nitrogens with one attached hydrogen (secondary N) is 1. The molecule has 3 rings (SSSR count). The number of H-pyrrole nitrogens is 1. The average molecular weight is 364 g/mol. The van der Waals surface area contributed by atoms with E-state index >= 15 is 0 Å². The van der Waals surface area contributed by atoms with Crippen LogP contribution in [0.25, 0.3) is 11.4 Å². The van der Waals surface area contributed by atoms with Gasteiger partial charge in [0, 0.05) is 12.3 Å². The normalized spacial score (nSPS) is 12.8. The van der Waals surface area contributed by atoms with Gasteiger partial charge in [-0.05, 0) is 37.6 Å². The van der Waals surface area contributed by atoms with E-state index in [-0.39, 0.29) is 17.4 Å². The third kappa shape index (κ3) is 3.93. The predicted molar refractivity (Wildman–Crippen MR) is 87.8 cm³/mol. The van der Waals surface area contributed by atoms with Crippen molar-refractivity contribution in [3.05, 3.63) is 64.3 Å². The van der Waals surface area contributed by atoms with Crippen LogP contribution in [0.5, 0.6) is 5.75 Å². The van der Waals surface area contributed by atoms with E-state index in [1.807, 2.05) is 6.92 Å². The summed E-state index contributed by atoms with van der Waals surface area (Å²) in [6.45, 7) is 3.52. The SMILES string of the molecule is Cc1nc(-c2ccnn2C(C)c2ccc(OC(F)(F)F)cc2)cc(=O)[nH]1. The van der Waals surface area contributed by atoms with E-state index in [0.717, 1.165) is 5.56 Å². The van der Waals surface area contributed by atoms with Gasteiger partial charge in [-0.15, -0.1) is 13.2 Å². The first-order chi connectivity index (χ1) is 12.2. The Morgan fingerprint density at radius 1 is 1.19 bits per heavy atom. The summed E-state index contributed by atoms with van der Waals surface area (Å²) in [6, 6.07) is 8.37. The van der Waals surface area contributed by atoms with Gasteiger partial charge in [-0.25, -0.2) is 4.98 Å². The fraction of sp³-hybridized carbons (Fsp3) is 0.235. The van der Waals surface area contributed by atoms with Crippen LogP contribution in [0.15, 0.2) is 47.4 Å². The van der Waals surface area contributed by atoms with E-state index < -0.39 is 6.36 Å². The van der Waals surface area contributed by atoms with E-state index in [1.54, 1.807) is 23.9 Å². The van der Waals surface area contributed by atoms with Gasteiger partial charge in [0.15, 0.2) is 0 Å². The third-order valence-electron chi connectivity index (χ3n) is 3.76. The number of hydrogen-bond donors (Lipinski definition) is 1. The fourth-order valence-corrected chi connectivity index (χ4v) is 2.63. The van der Waals surface area contributed by atoms with Crippen molar-refractivity contribution < 1.29 is 17.9 Å². The highest BCUT2D eigenvalue weighted by Gasteiger charge is 2.31. The highest BCUT2D eigenvalue weighted by Crippen LogP contribution is 2.27. The first-order valence-electron chi connectivity index (χ1n) is 7.70. The van der Waals surface area contributed by atoms with Crippen LogP contribution in [0.1, 0.15) is 24.4 Å². The van der Waals surface area contributed by atoms with E-state index in [4.69, 9.17) is 0 Å². The quantitative estimate of drug-likeness (QED) is 0.770. The lowest BCUT2D eigenvalue weighted by atomic mass is 10.1. The van der Waals surface area contributed by atoms with Crippen molar-refractivity contribution in [3.63, 3.8) is 0 Å². The number of alkyl halides is 3. The summed E-state index contributed by atoms with van der Waals surface area (Å²) in [5, 5.41) is 4.26. The molecule has 1 N–H and O–H groups in total. The maximum absolute atomic E-state index is 12.3. The second-order valence-electron chi connectivity index (χ2n) is 5.67.